The van der Waals surface area contributed by atoms with Gasteiger partial charge in [-0.3, -0.25) is 0 Å². The Balaban J connectivity index is 0.954. The van der Waals surface area contributed by atoms with Crippen LogP contribution in [0.4, 0.5) is 0 Å². The van der Waals surface area contributed by atoms with E-state index in [4.69, 9.17) is 4.42 Å². The van der Waals surface area contributed by atoms with E-state index in [9.17, 15) is 0 Å². The smallest absolute Gasteiger partial charge is 0.160 e. The van der Waals surface area contributed by atoms with E-state index in [1.807, 2.05) is 17.4 Å². The zero-order valence-corrected chi connectivity index (χ0v) is 32.9. The van der Waals surface area contributed by atoms with Crippen LogP contribution in [0.3, 0.4) is 0 Å². The minimum atomic E-state index is 0.909. The Kier molecular flexibility index (Phi) is 6.81. The molecular weight excluding hydrogens is 737 g/mol. The summed E-state index contributed by atoms with van der Waals surface area (Å²) in [4.78, 5) is 0. The molecule has 0 N–H and O–H groups in total. The average Bonchev–Trinajstić information content (AvgIpc) is 4.04. The number of para-hydroxylation sites is 3. The first kappa shape index (κ1) is 32.7. The quantitative estimate of drug-likeness (QED) is 0.175. The summed E-state index contributed by atoms with van der Waals surface area (Å²) in [5.74, 6) is 0. The lowest BCUT2D eigenvalue weighted by atomic mass is 9.92. The Labute approximate surface area is 343 Å². The minimum Gasteiger partial charge on any atom is -0.454 e. The maximum absolute atomic E-state index is 6.61. The van der Waals surface area contributed by atoms with Gasteiger partial charge < -0.3 is 13.6 Å². The van der Waals surface area contributed by atoms with Crippen LogP contribution in [0.5, 0.6) is 0 Å². The highest BCUT2D eigenvalue weighted by Crippen LogP contribution is 2.45. The molecule has 0 radical (unpaired) electrons. The van der Waals surface area contributed by atoms with Crippen molar-refractivity contribution in [3.8, 4) is 33.6 Å². The molecule has 276 valence electrons. The molecule has 4 heterocycles. The highest BCUT2D eigenvalue weighted by molar-refractivity contribution is 7.26. The summed E-state index contributed by atoms with van der Waals surface area (Å²) in [6.45, 7) is 2.27. The second-order valence-corrected chi connectivity index (χ2v) is 16.7. The zero-order valence-electron chi connectivity index (χ0n) is 32.1. The summed E-state index contributed by atoms with van der Waals surface area (Å²) in [5, 5.41) is 9.86. The third kappa shape index (κ3) is 4.63. The molecule has 0 saturated carbocycles. The second kappa shape index (κ2) is 12.3. The maximum Gasteiger partial charge on any atom is 0.160 e. The third-order valence-corrected chi connectivity index (χ3v) is 13.7. The molecule has 9 aromatic carbocycles. The van der Waals surface area contributed by atoms with E-state index < -0.39 is 0 Å². The Morgan fingerprint density at radius 1 is 0.407 bits per heavy atom. The molecule has 4 heteroatoms. The molecule has 3 nitrogen and oxygen atoms in total. The molecule has 0 bridgehead atoms. The van der Waals surface area contributed by atoms with E-state index in [1.54, 1.807) is 0 Å². The van der Waals surface area contributed by atoms with E-state index in [2.05, 4.69) is 198 Å². The molecule has 0 amide bonds. The molecule has 0 aliphatic carbocycles. The molecule has 0 aliphatic rings. The Morgan fingerprint density at radius 2 is 1.02 bits per heavy atom. The largest absolute Gasteiger partial charge is 0.454 e. The Bertz CT molecular complexity index is 3840. The summed E-state index contributed by atoms with van der Waals surface area (Å²) in [6.07, 6.45) is 0. The highest BCUT2D eigenvalue weighted by atomic mass is 32.1. The van der Waals surface area contributed by atoms with Crippen LogP contribution >= 0.6 is 11.3 Å². The molecule has 0 fully saturated rings. The van der Waals surface area contributed by atoms with Gasteiger partial charge in [0.2, 0.25) is 0 Å². The van der Waals surface area contributed by atoms with Crippen molar-refractivity contribution in [2.75, 3.05) is 0 Å². The highest BCUT2D eigenvalue weighted by Gasteiger charge is 2.21. The van der Waals surface area contributed by atoms with Gasteiger partial charge in [-0.1, -0.05) is 127 Å². The third-order valence-electron chi connectivity index (χ3n) is 12.5. The van der Waals surface area contributed by atoms with Gasteiger partial charge in [-0.2, -0.15) is 0 Å². The number of nitrogens with zero attached hydrogens (tertiary/aromatic N) is 2. The minimum absolute atomic E-state index is 0.909. The van der Waals surface area contributed by atoms with E-state index in [0.717, 1.165) is 33.1 Å². The molecule has 13 rings (SSSR count). The second-order valence-electron chi connectivity index (χ2n) is 15.7. The van der Waals surface area contributed by atoms with E-state index in [0.29, 0.717) is 0 Å². The van der Waals surface area contributed by atoms with Gasteiger partial charge in [0.05, 0.1) is 26.8 Å². The number of furan rings is 1. The summed E-state index contributed by atoms with van der Waals surface area (Å²) in [6, 6.07) is 68.5. The molecule has 0 spiro atoms. The fraction of sp³-hybridized carbons (Fsp3) is 0.0182. The molecule has 0 unspecified atom stereocenters. The lowest BCUT2D eigenvalue weighted by molar-refractivity contribution is 0.671. The lowest BCUT2D eigenvalue weighted by Crippen LogP contribution is -1.95. The van der Waals surface area contributed by atoms with Crippen LogP contribution in [0.1, 0.15) is 5.56 Å². The first-order valence-corrected chi connectivity index (χ1v) is 21.0. The van der Waals surface area contributed by atoms with Crippen molar-refractivity contribution in [3.05, 3.63) is 194 Å². The van der Waals surface area contributed by atoms with Gasteiger partial charge in [-0.15, -0.1) is 11.3 Å². The number of fused-ring (bicyclic) bond motifs is 14. The van der Waals surface area contributed by atoms with Crippen molar-refractivity contribution in [2.45, 2.75) is 6.92 Å². The number of rotatable bonds is 4. The van der Waals surface area contributed by atoms with Gasteiger partial charge >= 0.3 is 0 Å². The molecule has 0 atom stereocenters. The van der Waals surface area contributed by atoms with Crippen molar-refractivity contribution in [2.24, 2.45) is 0 Å². The predicted octanol–water partition coefficient (Wildman–Crippen LogP) is 15.8. The van der Waals surface area contributed by atoms with Crippen LogP contribution in [0.2, 0.25) is 0 Å². The Hall–Kier alpha value is -7.40. The summed E-state index contributed by atoms with van der Waals surface area (Å²) >= 11 is 1.89. The standard InChI is InChI=1S/C55H34N2OS/c1-33-38(34-22-25-37(26-23-34)56-48-19-8-5-14-40(48)43-27-29-45-41-15-6-9-20-50(41)58-54(45)52(43)56)17-11-18-39(33)35-24-31-49-47(32-35)44-28-30-46-42-16-7-10-21-51(42)59-55(46)53(44)57(49)36-12-3-2-4-13-36/h2-32H,1H3. The van der Waals surface area contributed by atoms with Crippen LogP contribution in [0.15, 0.2) is 192 Å². The van der Waals surface area contributed by atoms with E-state index in [-0.39, 0.29) is 0 Å². The number of benzene rings is 9. The monoisotopic (exact) mass is 770 g/mol. The van der Waals surface area contributed by atoms with Crippen LogP contribution in [-0.4, -0.2) is 9.13 Å². The van der Waals surface area contributed by atoms with Gasteiger partial charge in [-0.25, -0.2) is 0 Å². The van der Waals surface area contributed by atoms with Crippen molar-refractivity contribution >= 4 is 97.1 Å². The van der Waals surface area contributed by atoms with E-state index >= 15 is 0 Å². The van der Waals surface area contributed by atoms with Gasteiger partial charge in [0.15, 0.2) is 5.58 Å². The number of hydrogen-bond donors (Lipinski definition) is 0. The van der Waals surface area contributed by atoms with Gasteiger partial charge in [0.1, 0.15) is 5.58 Å². The molecule has 4 aromatic heterocycles. The fourth-order valence-electron chi connectivity index (χ4n) is 9.84. The molecular formula is C55H34N2OS. The van der Waals surface area contributed by atoms with E-state index in [1.165, 1.54) is 91.8 Å². The maximum atomic E-state index is 6.61. The van der Waals surface area contributed by atoms with Crippen molar-refractivity contribution in [3.63, 3.8) is 0 Å². The number of hydrogen-bond acceptors (Lipinski definition) is 2. The number of aromatic nitrogens is 2. The molecule has 59 heavy (non-hydrogen) atoms. The lowest BCUT2D eigenvalue weighted by Gasteiger charge is -2.14. The average molecular weight is 771 g/mol. The summed E-state index contributed by atoms with van der Waals surface area (Å²) < 4.78 is 14.1. The molecule has 13 aromatic rings. The normalized spacial score (nSPS) is 12.2. The first-order chi connectivity index (χ1) is 29.2. The van der Waals surface area contributed by atoms with Gasteiger partial charge in [-0.05, 0) is 95.4 Å². The Morgan fingerprint density at radius 3 is 1.86 bits per heavy atom. The van der Waals surface area contributed by atoms with Crippen LogP contribution < -0.4 is 0 Å². The van der Waals surface area contributed by atoms with Crippen LogP contribution in [0.25, 0.3) is 119 Å². The topological polar surface area (TPSA) is 23.0 Å². The first-order valence-electron chi connectivity index (χ1n) is 20.2. The summed E-state index contributed by atoms with van der Waals surface area (Å²) in [5.41, 5.74) is 15.0. The van der Waals surface area contributed by atoms with Gasteiger partial charge in [0.25, 0.3) is 0 Å². The van der Waals surface area contributed by atoms with Crippen LogP contribution in [0, 0.1) is 6.92 Å². The zero-order chi connectivity index (χ0) is 38.8. The van der Waals surface area contributed by atoms with Crippen molar-refractivity contribution in [1.82, 2.24) is 9.13 Å². The van der Waals surface area contributed by atoms with Crippen molar-refractivity contribution in [1.29, 1.82) is 0 Å². The molecule has 0 saturated heterocycles. The van der Waals surface area contributed by atoms with Crippen LogP contribution in [-0.2, 0) is 0 Å². The molecule has 0 aliphatic heterocycles. The SMILES string of the molecule is Cc1c(-c2ccc(-n3c4ccccc4c4ccc5c6ccccc6oc5c43)cc2)cccc1-c1ccc2c(c1)c1ccc3c4ccccc4sc3c1n2-c1ccccc1. The van der Waals surface area contributed by atoms with Gasteiger partial charge in [0, 0.05) is 59.2 Å². The predicted molar refractivity (Wildman–Crippen MR) is 251 cm³/mol. The summed E-state index contributed by atoms with van der Waals surface area (Å²) in [7, 11) is 0. The fourth-order valence-corrected chi connectivity index (χ4v) is 11.1. The van der Waals surface area contributed by atoms with Crippen molar-refractivity contribution < 1.29 is 4.42 Å². The number of thiophene rings is 1.